The molecule has 0 atom stereocenters. The van der Waals surface area contributed by atoms with Gasteiger partial charge in [-0.3, -0.25) is 4.18 Å². The largest absolute Gasteiger partial charge is 0.476 e. The zero-order valence-corrected chi connectivity index (χ0v) is 28.0. The normalized spacial score (nSPS) is 16.4. The van der Waals surface area contributed by atoms with E-state index in [1.807, 2.05) is 12.1 Å². The summed E-state index contributed by atoms with van der Waals surface area (Å²) in [4.78, 5) is 2.27. The highest BCUT2D eigenvalue weighted by atomic mass is 32.2. The molecule has 0 saturated carbocycles. The van der Waals surface area contributed by atoms with E-state index in [1.165, 1.54) is 0 Å². The first-order valence-electron chi connectivity index (χ1n) is 16.8. The van der Waals surface area contributed by atoms with E-state index in [0.29, 0.717) is 76.8 Å². The SMILES string of the molecule is CCS(=O)(=O)OCCCCCCOc1nnc(NCCc2cccc(C(F)(F)C3CCNCC3)c2)c2cc(N3CCOCC3)ccc12. The van der Waals surface area contributed by atoms with E-state index in [4.69, 9.17) is 13.7 Å². The molecule has 5 rings (SSSR count). The van der Waals surface area contributed by atoms with Gasteiger partial charge in [0.15, 0.2) is 5.82 Å². The lowest BCUT2D eigenvalue weighted by Gasteiger charge is -2.31. The molecule has 2 aliphatic heterocycles. The summed E-state index contributed by atoms with van der Waals surface area (Å²) in [6.07, 6.45) is 4.64. The number of morpholine rings is 1. The molecule has 2 N–H and O–H groups in total. The molecule has 10 nitrogen and oxygen atoms in total. The maximum absolute atomic E-state index is 15.3. The Balaban J connectivity index is 1.22. The van der Waals surface area contributed by atoms with Gasteiger partial charge in [-0.25, -0.2) is 8.78 Å². The summed E-state index contributed by atoms with van der Waals surface area (Å²) >= 11 is 0. The first-order chi connectivity index (χ1) is 22.8. The van der Waals surface area contributed by atoms with E-state index in [0.717, 1.165) is 54.4 Å². The zero-order chi connectivity index (χ0) is 33.1. The van der Waals surface area contributed by atoms with Crippen LogP contribution in [0.15, 0.2) is 42.5 Å². The van der Waals surface area contributed by atoms with Crippen molar-refractivity contribution in [1.29, 1.82) is 0 Å². The summed E-state index contributed by atoms with van der Waals surface area (Å²) in [6.45, 7) is 6.89. The van der Waals surface area contributed by atoms with Crippen LogP contribution in [0.4, 0.5) is 20.3 Å². The van der Waals surface area contributed by atoms with Gasteiger partial charge < -0.3 is 25.0 Å². The molecule has 0 radical (unpaired) electrons. The number of aromatic nitrogens is 2. The number of unbranched alkanes of at least 4 members (excludes halogenated alkanes) is 3. The molecule has 258 valence electrons. The van der Waals surface area contributed by atoms with Crippen molar-refractivity contribution < 1.29 is 30.9 Å². The Labute approximate surface area is 276 Å². The molecule has 3 aromatic rings. The number of alkyl halides is 2. The molecule has 2 saturated heterocycles. The molecule has 1 aromatic heterocycles. The molecule has 0 unspecified atom stereocenters. The van der Waals surface area contributed by atoms with Gasteiger partial charge in [0.1, 0.15) is 0 Å². The first-order valence-corrected chi connectivity index (χ1v) is 18.4. The minimum Gasteiger partial charge on any atom is -0.476 e. The summed E-state index contributed by atoms with van der Waals surface area (Å²) < 4.78 is 70.1. The lowest BCUT2D eigenvalue weighted by Crippen LogP contribution is -2.36. The van der Waals surface area contributed by atoms with E-state index < -0.39 is 22.0 Å². The molecule has 3 heterocycles. The van der Waals surface area contributed by atoms with E-state index >= 15 is 8.78 Å². The summed E-state index contributed by atoms with van der Waals surface area (Å²) in [6, 6.07) is 13.0. The minimum atomic E-state index is -3.40. The molecular formula is C34H47F2N5O5S. The van der Waals surface area contributed by atoms with Gasteiger partial charge in [-0.1, -0.05) is 24.6 Å². The highest BCUT2D eigenvalue weighted by Gasteiger charge is 2.41. The number of hydrogen-bond acceptors (Lipinski definition) is 10. The number of anilines is 2. The predicted molar refractivity (Wildman–Crippen MR) is 180 cm³/mol. The van der Waals surface area contributed by atoms with Crippen LogP contribution in [-0.4, -0.2) is 83.5 Å². The molecule has 0 aliphatic carbocycles. The van der Waals surface area contributed by atoms with Crippen molar-refractivity contribution in [3.63, 3.8) is 0 Å². The highest BCUT2D eigenvalue weighted by molar-refractivity contribution is 7.86. The molecule has 0 amide bonds. The molecule has 2 fully saturated rings. The summed E-state index contributed by atoms with van der Waals surface area (Å²) in [7, 11) is -3.40. The Bertz CT molecular complexity index is 1550. The fraction of sp³-hybridized carbons (Fsp3) is 0.588. The second-order valence-corrected chi connectivity index (χ2v) is 14.1. The number of nitrogens with one attached hydrogen (secondary N) is 2. The number of benzene rings is 2. The van der Waals surface area contributed by atoms with Crippen molar-refractivity contribution in [1.82, 2.24) is 15.5 Å². The van der Waals surface area contributed by atoms with Gasteiger partial charge >= 0.3 is 0 Å². The average molecular weight is 676 g/mol. The molecule has 2 aromatic carbocycles. The van der Waals surface area contributed by atoms with Gasteiger partial charge in [0.25, 0.3) is 16.0 Å². The number of piperidine rings is 1. The molecule has 13 heteroatoms. The molecule has 0 spiro atoms. The Morgan fingerprint density at radius 3 is 2.53 bits per heavy atom. The van der Waals surface area contributed by atoms with Crippen LogP contribution < -0.4 is 20.3 Å². The maximum Gasteiger partial charge on any atom is 0.276 e. The van der Waals surface area contributed by atoms with Gasteiger partial charge in [-0.05, 0) is 88.4 Å². The number of fused-ring (bicyclic) bond motifs is 1. The van der Waals surface area contributed by atoms with Crippen LogP contribution >= 0.6 is 0 Å². The molecule has 0 bridgehead atoms. The number of nitrogens with zero attached hydrogens (tertiary/aromatic N) is 3. The van der Waals surface area contributed by atoms with Gasteiger partial charge in [0, 0.05) is 47.6 Å². The minimum absolute atomic E-state index is 0.0216. The Morgan fingerprint density at radius 2 is 1.77 bits per heavy atom. The van der Waals surface area contributed by atoms with E-state index in [9.17, 15) is 8.42 Å². The quantitative estimate of drug-likeness (QED) is 0.140. The number of hydrogen-bond donors (Lipinski definition) is 2. The Kier molecular flexibility index (Phi) is 12.6. The van der Waals surface area contributed by atoms with Crippen molar-refractivity contribution in [2.75, 3.05) is 75.1 Å². The number of ether oxygens (including phenoxy) is 2. The van der Waals surface area contributed by atoms with Crippen LogP contribution in [0.1, 0.15) is 56.6 Å². The summed E-state index contributed by atoms with van der Waals surface area (Å²) in [5, 5.41) is 17.2. The van der Waals surface area contributed by atoms with Crippen LogP contribution in [0.5, 0.6) is 5.88 Å². The second kappa shape index (κ2) is 16.8. The third-order valence-electron chi connectivity index (χ3n) is 8.87. The third-order valence-corrected chi connectivity index (χ3v) is 10.1. The Hall–Kier alpha value is -3.13. The van der Waals surface area contributed by atoms with Crippen molar-refractivity contribution in [2.24, 2.45) is 5.92 Å². The standard InChI is InChI=1S/C34H47F2N5O5S/c1-2-47(42,43)46-21-6-4-3-5-20-45-33-30-11-10-29(41-18-22-44-23-19-41)25-31(30)32(39-40-33)38-17-12-26-8-7-9-28(24-26)34(35,36)27-13-15-37-16-14-27/h7-11,24-25,27,37H,2-6,12-23H2,1H3,(H,38,39). The van der Waals surface area contributed by atoms with Crippen LogP contribution in [0, 0.1) is 5.92 Å². The van der Waals surface area contributed by atoms with Crippen molar-refractivity contribution in [3.8, 4) is 5.88 Å². The molecule has 47 heavy (non-hydrogen) atoms. The van der Waals surface area contributed by atoms with E-state index in [-0.39, 0.29) is 17.9 Å². The lowest BCUT2D eigenvalue weighted by atomic mass is 9.86. The monoisotopic (exact) mass is 675 g/mol. The third kappa shape index (κ3) is 9.71. The van der Waals surface area contributed by atoms with Crippen LogP contribution in [0.25, 0.3) is 10.8 Å². The topological polar surface area (TPSA) is 115 Å². The smallest absolute Gasteiger partial charge is 0.276 e. The maximum atomic E-state index is 15.3. The highest BCUT2D eigenvalue weighted by Crippen LogP contribution is 2.40. The van der Waals surface area contributed by atoms with Gasteiger partial charge in [0.05, 0.1) is 32.2 Å². The fourth-order valence-corrected chi connectivity index (χ4v) is 6.59. The number of rotatable bonds is 17. The van der Waals surface area contributed by atoms with Crippen LogP contribution in [0.3, 0.4) is 0 Å². The van der Waals surface area contributed by atoms with Crippen molar-refractivity contribution >= 4 is 32.4 Å². The van der Waals surface area contributed by atoms with Crippen LogP contribution in [0.2, 0.25) is 0 Å². The lowest BCUT2D eigenvalue weighted by molar-refractivity contribution is -0.0754. The number of halogens is 2. The van der Waals surface area contributed by atoms with E-state index in [2.05, 4.69) is 37.9 Å². The van der Waals surface area contributed by atoms with E-state index in [1.54, 1.807) is 25.1 Å². The van der Waals surface area contributed by atoms with Gasteiger partial charge in [-0.15, -0.1) is 10.2 Å². The Morgan fingerprint density at radius 1 is 1.00 bits per heavy atom. The predicted octanol–water partition coefficient (Wildman–Crippen LogP) is 5.52. The summed E-state index contributed by atoms with van der Waals surface area (Å²) in [5.41, 5.74) is 1.98. The van der Waals surface area contributed by atoms with Gasteiger partial charge in [-0.2, -0.15) is 8.42 Å². The summed E-state index contributed by atoms with van der Waals surface area (Å²) in [5.74, 6) is -2.46. The zero-order valence-electron chi connectivity index (χ0n) is 27.2. The van der Waals surface area contributed by atoms with Gasteiger partial charge in [0.2, 0.25) is 5.88 Å². The van der Waals surface area contributed by atoms with Crippen molar-refractivity contribution in [3.05, 3.63) is 53.6 Å². The average Bonchev–Trinajstić information content (AvgIpc) is 3.10. The van der Waals surface area contributed by atoms with Crippen molar-refractivity contribution in [2.45, 2.75) is 57.8 Å². The second-order valence-electron chi connectivity index (χ2n) is 12.1. The molecular weight excluding hydrogens is 628 g/mol. The fourth-order valence-electron chi connectivity index (χ4n) is 6.05. The first kappa shape index (κ1) is 35.2. The van der Waals surface area contributed by atoms with Crippen LogP contribution in [-0.2, 0) is 31.4 Å². The molecule has 2 aliphatic rings.